The molecule has 0 aliphatic carbocycles. The van der Waals surface area contributed by atoms with E-state index in [-0.39, 0.29) is 4.90 Å². The molecule has 0 atom stereocenters. The highest BCUT2D eigenvalue weighted by molar-refractivity contribution is 7.89. The predicted octanol–water partition coefficient (Wildman–Crippen LogP) is 0.475. The highest BCUT2D eigenvalue weighted by Crippen LogP contribution is 2.31. The second-order valence-electron chi connectivity index (χ2n) is 4.20. The molecule has 19 heavy (non-hydrogen) atoms. The summed E-state index contributed by atoms with van der Waals surface area (Å²) in [6.07, 6.45) is 1.38. The highest BCUT2D eigenvalue weighted by Gasteiger charge is 2.18. The van der Waals surface area contributed by atoms with Gasteiger partial charge in [0, 0.05) is 19.0 Å². The van der Waals surface area contributed by atoms with Crippen LogP contribution < -0.4 is 19.9 Å². The van der Waals surface area contributed by atoms with Crippen LogP contribution in [0.1, 0.15) is 12.8 Å². The minimum absolute atomic E-state index is 0.175. The van der Waals surface area contributed by atoms with E-state index in [1.165, 1.54) is 12.1 Å². The molecule has 0 aromatic heterocycles. The first-order chi connectivity index (χ1) is 9.13. The van der Waals surface area contributed by atoms with Crippen molar-refractivity contribution in [3.63, 3.8) is 0 Å². The molecular weight excluding hydrogens is 268 g/mol. The van der Waals surface area contributed by atoms with Crippen LogP contribution >= 0.6 is 0 Å². The lowest BCUT2D eigenvalue weighted by Gasteiger charge is -2.10. The van der Waals surface area contributed by atoms with Crippen LogP contribution in [0, 0.1) is 0 Å². The van der Waals surface area contributed by atoms with Crippen molar-refractivity contribution in [1.82, 2.24) is 4.72 Å². The molecule has 1 aliphatic rings. The van der Waals surface area contributed by atoms with E-state index in [4.69, 9.17) is 15.2 Å². The Morgan fingerprint density at radius 2 is 1.95 bits per heavy atom. The van der Waals surface area contributed by atoms with Gasteiger partial charge in [0.05, 0.1) is 18.1 Å². The van der Waals surface area contributed by atoms with E-state index in [9.17, 15) is 8.42 Å². The molecule has 1 aliphatic heterocycles. The first-order valence-corrected chi connectivity index (χ1v) is 7.71. The Morgan fingerprint density at radius 1 is 1.21 bits per heavy atom. The molecule has 3 N–H and O–H groups in total. The topological polar surface area (TPSA) is 90.7 Å². The summed E-state index contributed by atoms with van der Waals surface area (Å²) in [5.41, 5.74) is 5.33. The van der Waals surface area contributed by atoms with Gasteiger partial charge in [0.1, 0.15) is 0 Å². The van der Waals surface area contributed by atoms with Crippen LogP contribution in [0.4, 0.5) is 0 Å². The van der Waals surface area contributed by atoms with E-state index >= 15 is 0 Å². The fourth-order valence-corrected chi connectivity index (χ4v) is 2.79. The fourth-order valence-electron chi connectivity index (χ4n) is 1.70. The number of fused-ring (bicyclic) bond motifs is 1. The van der Waals surface area contributed by atoms with Gasteiger partial charge in [-0.25, -0.2) is 13.1 Å². The summed E-state index contributed by atoms with van der Waals surface area (Å²) < 4.78 is 37.5. The summed E-state index contributed by atoms with van der Waals surface area (Å²) in [5.74, 6) is 1.05. The zero-order valence-electron chi connectivity index (χ0n) is 10.6. The average molecular weight is 286 g/mol. The van der Waals surface area contributed by atoms with E-state index in [0.29, 0.717) is 44.2 Å². The third-order valence-electron chi connectivity index (χ3n) is 2.70. The zero-order chi connectivity index (χ0) is 13.7. The summed E-state index contributed by atoms with van der Waals surface area (Å²) >= 11 is 0. The summed E-state index contributed by atoms with van der Waals surface area (Å²) in [7, 11) is -3.52. The van der Waals surface area contributed by atoms with Crippen molar-refractivity contribution in [1.29, 1.82) is 0 Å². The molecule has 106 valence electrons. The Balaban J connectivity index is 2.18. The third-order valence-corrected chi connectivity index (χ3v) is 4.16. The molecule has 0 radical (unpaired) electrons. The van der Waals surface area contributed by atoms with Gasteiger partial charge in [0.15, 0.2) is 11.5 Å². The lowest BCUT2D eigenvalue weighted by Crippen LogP contribution is -2.26. The third kappa shape index (κ3) is 3.59. The second kappa shape index (κ2) is 6.23. The second-order valence-corrected chi connectivity index (χ2v) is 5.97. The SMILES string of the molecule is NCCCNS(=O)(=O)c1ccc2c(c1)OCCCO2. The first kappa shape index (κ1) is 14.1. The quantitative estimate of drug-likeness (QED) is 0.768. The van der Waals surface area contributed by atoms with Crippen LogP contribution in [0.15, 0.2) is 23.1 Å². The zero-order valence-corrected chi connectivity index (χ0v) is 11.4. The monoisotopic (exact) mass is 286 g/mol. The van der Waals surface area contributed by atoms with Gasteiger partial charge in [-0.3, -0.25) is 0 Å². The molecule has 2 rings (SSSR count). The first-order valence-electron chi connectivity index (χ1n) is 6.23. The van der Waals surface area contributed by atoms with Crippen LogP contribution in [0.25, 0.3) is 0 Å². The van der Waals surface area contributed by atoms with Crippen LogP contribution in [-0.2, 0) is 10.0 Å². The lowest BCUT2D eigenvalue weighted by atomic mass is 10.3. The van der Waals surface area contributed by atoms with Crippen LogP contribution in [0.2, 0.25) is 0 Å². The molecule has 0 saturated heterocycles. The molecule has 7 heteroatoms. The number of hydrogen-bond donors (Lipinski definition) is 2. The van der Waals surface area contributed by atoms with Gasteiger partial charge in [-0.05, 0) is 25.1 Å². The van der Waals surface area contributed by atoms with Crippen LogP contribution in [0.5, 0.6) is 11.5 Å². The largest absolute Gasteiger partial charge is 0.490 e. The summed E-state index contributed by atoms with van der Waals surface area (Å²) in [5, 5.41) is 0. The van der Waals surface area contributed by atoms with Crippen LogP contribution in [-0.4, -0.2) is 34.7 Å². The van der Waals surface area contributed by atoms with Crippen LogP contribution in [0.3, 0.4) is 0 Å². The number of hydrogen-bond acceptors (Lipinski definition) is 5. The van der Waals surface area contributed by atoms with Gasteiger partial charge in [-0.2, -0.15) is 0 Å². The van der Waals surface area contributed by atoms with Gasteiger partial charge < -0.3 is 15.2 Å². The molecule has 1 aromatic rings. The number of nitrogens with one attached hydrogen (secondary N) is 1. The number of ether oxygens (including phenoxy) is 2. The van der Waals surface area contributed by atoms with Gasteiger partial charge >= 0.3 is 0 Å². The molecule has 0 fully saturated rings. The normalized spacial score (nSPS) is 15.0. The number of benzene rings is 1. The van der Waals surface area contributed by atoms with E-state index in [0.717, 1.165) is 6.42 Å². The number of rotatable bonds is 5. The number of nitrogens with two attached hydrogens (primary N) is 1. The Hall–Kier alpha value is -1.31. The van der Waals surface area contributed by atoms with Crippen molar-refractivity contribution in [2.24, 2.45) is 5.73 Å². The van der Waals surface area contributed by atoms with Crippen molar-refractivity contribution in [2.45, 2.75) is 17.7 Å². The smallest absolute Gasteiger partial charge is 0.240 e. The molecular formula is C12H18N2O4S. The van der Waals surface area contributed by atoms with Gasteiger partial charge in [-0.15, -0.1) is 0 Å². The molecule has 0 saturated carbocycles. The fraction of sp³-hybridized carbons (Fsp3) is 0.500. The molecule has 0 unspecified atom stereocenters. The molecule has 1 aromatic carbocycles. The van der Waals surface area contributed by atoms with E-state index < -0.39 is 10.0 Å². The molecule has 1 heterocycles. The Labute approximate surface area is 112 Å². The molecule has 6 nitrogen and oxygen atoms in total. The van der Waals surface area contributed by atoms with E-state index in [2.05, 4.69) is 4.72 Å². The molecule has 0 spiro atoms. The van der Waals surface area contributed by atoms with Crippen molar-refractivity contribution in [3.8, 4) is 11.5 Å². The average Bonchev–Trinajstić information content (AvgIpc) is 2.63. The Kier molecular flexibility index (Phi) is 4.62. The summed E-state index contributed by atoms with van der Waals surface area (Å²) in [4.78, 5) is 0.175. The maximum Gasteiger partial charge on any atom is 0.240 e. The maximum absolute atomic E-state index is 12.0. The summed E-state index contributed by atoms with van der Waals surface area (Å²) in [6, 6.07) is 4.63. The predicted molar refractivity (Wildman–Crippen MR) is 70.9 cm³/mol. The standard InChI is InChI=1S/C12H18N2O4S/c13-5-1-6-14-19(15,16)10-3-4-11-12(9-10)18-8-2-7-17-11/h3-4,9,14H,1-2,5-8,13H2. The van der Waals surface area contributed by atoms with Crippen molar-refractivity contribution >= 4 is 10.0 Å². The van der Waals surface area contributed by atoms with Crippen molar-refractivity contribution < 1.29 is 17.9 Å². The Morgan fingerprint density at radius 3 is 2.68 bits per heavy atom. The van der Waals surface area contributed by atoms with E-state index in [1.807, 2.05) is 0 Å². The Bertz CT molecular complexity index is 531. The maximum atomic E-state index is 12.0. The summed E-state index contributed by atoms with van der Waals surface area (Å²) in [6.45, 7) is 1.88. The molecule has 0 bridgehead atoms. The minimum atomic E-state index is -3.52. The van der Waals surface area contributed by atoms with Gasteiger partial charge in [0.25, 0.3) is 0 Å². The van der Waals surface area contributed by atoms with E-state index in [1.54, 1.807) is 6.07 Å². The number of sulfonamides is 1. The highest BCUT2D eigenvalue weighted by atomic mass is 32.2. The van der Waals surface area contributed by atoms with Crippen molar-refractivity contribution in [2.75, 3.05) is 26.3 Å². The van der Waals surface area contributed by atoms with Gasteiger partial charge in [-0.1, -0.05) is 0 Å². The lowest BCUT2D eigenvalue weighted by molar-refractivity contribution is 0.297. The molecule has 0 amide bonds. The minimum Gasteiger partial charge on any atom is -0.490 e. The van der Waals surface area contributed by atoms with Gasteiger partial charge in [0.2, 0.25) is 10.0 Å². The van der Waals surface area contributed by atoms with Crippen molar-refractivity contribution in [3.05, 3.63) is 18.2 Å².